The molecular formula is C9H6ClF3N2. The zero-order chi connectivity index (χ0) is 11.4. The highest BCUT2D eigenvalue weighted by atomic mass is 35.5. The molecule has 0 spiro atoms. The lowest BCUT2D eigenvalue weighted by Crippen LogP contribution is -2.03. The summed E-state index contributed by atoms with van der Waals surface area (Å²) >= 11 is 5.39. The van der Waals surface area contributed by atoms with Crippen LogP contribution in [0, 0.1) is 17.1 Å². The highest BCUT2D eigenvalue weighted by molar-refractivity contribution is 6.17. The summed E-state index contributed by atoms with van der Waals surface area (Å²) in [4.78, 5) is 3.36. The molecule has 0 saturated heterocycles. The van der Waals surface area contributed by atoms with Crippen LogP contribution in [0.1, 0.15) is 23.4 Å². The second kappa shape index (κ2) is 4.99. The lowest BCUT2D eigenvalue weighted by molar-refractivity contribution is 0.140. The van der Waals surface area contributed by atoms with E-state index in [2.05, 4.69) is 4.98 Å². The largest absolute Gasteiger partial charge is 0.283 e. The monoisotopic (exact) mass is 234 g/mol. The summed E-state index contributed by atoms with van der Waals surface area (Å²) in [5, 5.41) is 8.38. The Hall–Kier alpha value is -1.28. The van der Waals surface area contributed by atoms with Gasteiger partial charge in [-0.15, -0.1) is 11.6 Å². The molecule has 0 atom stereocenters. The third-order valence-corrected chi connectivity index (χ3v) is 2.01. The minimum absolute atomic E-state index is 0.0628. The number of hydrogen-bond donors (Lipinski definition) is 0. The Morgan fingerprint density at radius 3 is 2.67 bits per heavy atom. The first kappa shape index (κ1) is 11.8. The standard InChI is InChI=1S/C9H6ClF3N2/c10-4-5-3-6(1-2-14)15-8(7(5)11)9(12)13/h3,9H,1,4H2. The van der Waals surface area contributed by atoms with Gasteiger partial charge >= 0.3 is 0 Å². The van der Waals surface area contributed by atoms with Crippen molar-refractivity contribution < 1.29 is 13.2 Å². The number of aromatic nitrogens is 1. The highest BCUT2D eigenvalue weighted by Gasteiger charge is 2.19. The molecular weight excluding hydrogens is 229 g/mol. The quantitative estimate of drug-likeness (QED) is 0.754. The van der Waals surface area contributed by atoms with Crippen molar-refractivity contribution in [1.29, 1.82) is 5.26 Å². The molecule has 0 unspecified atom stereocenters. The van der Waals surface area contributed by atoms with Crippen LogP contribution in [-0.2, 0) is 12.3 Å². The zero-order valence-electron chi connectivity index (χ0n) is 7.48. The molecule has 0 aromatic carbocycles. The van der Waals surface area contributed by atoms with Crippen molar-refractivity contribution in [2.24, 2.45) is 0 Å². The van der Waals surface area contributed by atoms with Crippen molar-refractivity contribution in [2.45, 2.75) is 18.7 Å². The van der Waals surface area contributed by atoms with Gasteiger partial charge < -0.3 is 0 Å². The van der Waals surface area contributed by atoms with E-state index < -0.39 is 17.9 Å². The molecule has 0 bridgehead atoms. The SMILES string of the molecule is N#CCc1cc(CCl)c(F)c(C(F)F)n1. The highest BCUT2D eigenvalue weighted by Crippen LogP contribution is 2.24. The lowest BCUT2D eigenvalue weighted by Gasteiger charge is -2.06. The number of pyridine rings is 1. The third kappa shape index (κ3) is 2.60. The van der Waals surface area contributed by atoms with Crippen LogP contribution in [0.5, 0.6) is 0 Å². The maximum atomic E-state index is 13.2. The van der Waals surface area contributed by atoms with E-state index in [-0.39, 0.29) is 23.6 Å². The summed E-state index contributed by atoms with van der Waals surface area (Å²) in [6, 6.07) is 2.97. The van der Waals surface area contributed by atoms with Crippen LogP contribution in [0.2, 0.25) is 0 Å². The summed E-state index contributed by atoms with van der Waals surface area (Å²) in [5.41, 5.74) is -0.907. The van der Waals surface area contributed by atoms with E-state index in [1.165, 1.54) is 6.07 Å². The molecule has 15 heavy (non-hydrogen) atoms. The van der Waals surface area contributed by atoms with Crippen LogP contribution in [0.4, 0.5) is 13.2 Å². The molecule has 6 heteroatoms. The first-order valence-corrected chi connectivity index (χ1v) is 4.52. The predicted molar refractivity (Wildman–Crippen MR) is 48.0 cm³/mol. The third-order valence-electron chi connectivity index (χ3n) is 1.72. The van der Waals surface area contributed by atoms with Crippen LogP contribution < -0.4 is 0 Å². The summed E-state index contributed by atoms with van der Waals surface area (Å²) in [7, 11) is 0. The molecule has 0 aliphatic heterocycles. The molecule has 0 N–H and O–H groups in total. The first-order valence-electron chi connectivity index (χ1n) is 3.99. The van der Waals surface area contributed by atoms with Gasteiger partial charge in [0.2, 0.25) is 0 Å². The zero-order valence-corrected chi connectivity index (χ0v) is 8.23. The van der Waals surface area contributed by atoms with E-state index in [4.69, 9.17) is 16.9 Å². The fourth-order valence-corrected chi connectivity index (χ4v) is 1.27. The Morgan fingerprint density at radius 2 is 2.20 bits per heavy atom. The van der Waals surface area contributed by atoms with Gasteiger partial charge in [-0.25, -0.2) is 18.2 Å². The van der Waals surface area contributed by atoms with E-state index >= 15 is 0 Å². The second-order valence-electron chi connectivity index (χ2n) is 2.74. The Morgan fingerprint density at radius 1 is 1.53 bits per heavy atom. The average Bonchev–Trinajstić information content (AvgIpc) is 2.20. The van der Waals surface area contributed by atoms with E-state index in [1.54, 1.807) is 6.07 Å². The predicted octanol–water partition coefficient (Wildman–Crippen LogP) is 2.96. The van der Waals surface area contributed by atoms with Gasteiger partial charge in [-0.1, -0.05) is 0 Å². The Balaban J connectivity index is 3.26. The maximum Gasteiger partial charge on any atom is 0.283 e. The van der Waals surface area contributed by atoms with Crippen LogP contribution in [0.15, 0.2) is 6.07 Å². The molecule has 2 nitrogen and oxygen atoms in total. The van der Waals surface area contributed by atoms with E-state index in [9.17, 15) is 13.2 Å². The molecule has 0 aliphatic carbocycles. The molecule has 1 aromatic rings. The van der Waals surface area contributed by atoms with Crippen molar-refractivity contribution in [3.05, 3.63) is 28.8 Å². The topological polar surface area (TPSA) is 36.7 Å². The van der Waals surface area contributed by atoms with Gasteiger partial charge in [0.05, 0.1) is 24.1 Å². The van der Waals surface area contributed by atoms with Crippen molar-refractivity contribution >= 4 is 11.6 Å². The number of nitrogens with zero attached hydrogens (tertiary/aromatic N) is 2. The Bertz CT molecular complexity index is 401. The number of halogens is 4. The van der Waals surface area contributed by atoms with Gasteiger partial charge in [0.15, 0.2) is 5.82 Å². The number of hydrogen-bond acceptors (Lipinski definition) is 2. The van der Waals surface area contributed by atoms with Crippen molar-refractivity contribution in [3.8, 4) is 6.07 Å². The molecule has 1 rings (SSSR count). The van der Waals surface area contributed by atoms with Gasteiger partial charge in [0.25, 0.3) is 6.43 Å². The maximum absolute atomic E-state index is 13.2. The summed E-state index contributed by atoms with van der Waals surface area (Å²) < 4.78 is 37.9. The van der Waals surface area contributed by atoms with Crippen molar-refractivity contribution in [1.82, 2.24) is 4.98 Å². The summed E-state index contributed by atoms with van der Waals surface area (Å²) in [5.74, 6) is -1.33. The normalized spacial score (nSPS) is 10.4. The van der Waals surface area contributed by atoms with Crippen molar-refractivity contribution in [2.75, 3.05) is 0 Å². The lowest BCUT2D eigenvalue weighted by atomic mass is 10.1. The molecule has 0 saturated carbocycles. The second-order valence-corrected chi connectivity index (χ2v) is 3.01. The van der Waals surface area contributed by atoms with Crippen LogP contribution in [0.3, 0.4) is 0 Å². The number of rotatable bonds is 3. The average molecular weight is 235 g/mol. The number of nitriles is 1. The minimum atomic E-state index is -3.01. The van der Waals surface area contributed by atoms with Gasteiger partial charge in [-0.05, 0) is 6.07 Å². The van der Waals surface area contributed by atoms with E-state index in [0.717, 1.165) is 0 Å². The molecule has 0 radical (unpaired) electrons. The van der Waals surface area contributed by atoms with Gasteiger partial charge in [-0.3, -0.25) is 0 Å². The van der Waals surface area contributed by atoms with Gasteiger partial charge in [-0.2, -0.15) is 5.26 Å². The Labute approximate surface area is 89.3 Å². The molecule has 0 amide bonds. The molecule has 0 aliphatic rings. The molecule has 0 fully saturated rings. The molecule has 1 aromatic heterocycles. The fourth-order valence-electron chi connectivity index (χ4n) is 1.08. The van der Waals surface area contributed by atoms with E-state index in [0.29, 0.717) is 0 Å². The molecule has 1 heterocycles. The number of alkyl halides is 3. The van der Waals surface area contributed by atoms with Crippen molar-refractivity contribution in [3.63, 3.8) is 0 Å². The molecule has 80 valence electrons. The van der Waals surface area contributed by atoms with Crippen LogP contribution in [-0.4, -0.2) is 4.98 Å². The Kier molecular flexibility index (Phi) is 3.92. The van der Waals surface area contributed by atoms with Gasteiger partial charge in [0.1, 0.15) is 5.69 Å². The van der Waals surface area contributed by atoms with Crippen LogP contribution in [0.25, 0.3) is 0 Å². The fraction of sp³-hybridized carbons (Fsp3) is 0.333. The van der Waals surface area contributed by atoms with Gasteiger partial charge in [0, 0.05) is 5.56 Å². The van der Waals surface area contributed by atoms with E-state index in [1.807, 2.05) is 0 Å². The smallest absolute Gasteiger partial charge is 0.248 e. The summed E-state index contributed by atoms with van der Waals surface area (Å²) in [6.07, 6.45) is -3.16. The first-order chi connectivity index (χ1) is 7.10. The minimum Gasteiger partial charge on any atom is -0.248 e. The van der Waals surface area contributed by atoms with Crippen LogP contribution >= 0.6 is 11.6 Å². The summed E-state index contributed by atoms with van der Waals surface area (Å²) in [6.45, 7) is 0.